The van der Waals surface area contributed by atoms with E-state index in [0.717, 1.165) is 56.8 Å². The van der Waals surface area contributed by atoms with Gasteiger partial charge >= 0.3 is 0 Å². The minimum absolute atomic E-state index is 0.0583. The second-order valence-corrected chi connectivity index (χ2v) is 7.58. The highest BCUT2D eigenvalue weighted by Gasteiger charge is 2.32. The van der Waals surface area contributed by atoms with Gasteiger partial charge in [0, 0.05) is 38.6 Å². The topological polar surface area (TPSA) is 44.4 Å². The quantitative estimate of drug-likeness (QED) is 0.795. The smallest absolute Gasteiger partial charge is 0.253 e. The van der Waals surface area contributed by atoms with Crippen LogP contribution in [-0.2, 0) is 0 Å². The monoisotopic (exact) mass is 363 g/mol. The van der Waals surface area contributed by atoms with Crippen molar-refractivity contribution in [2.24, 2.45) is 0 Å². The van der Waals surface area contributed by atoms with Gasteiger partial charge in [0.05, 0.1) is 11.3 Å². The van der Waals surface area contributed by atoms with Crippen molar-refractivity contribution in [2.75, 3.05) is 37.6 Å². The van der Waals surface area contributed by atoms with Crippen LogP contribution in [0.25, 0.3) is 11.1 Å². The normalized spacial score (nSPS) is 18.1. The lowest BCUT2D eigenvalue weighted by Crippen LogP contribution is -2.45. The first-order chi connectivity index (χ1) is 13.2. The third-order valence-corrected chi connectivity index (χ3v) is 5.86. The Hall–Kier alpha value is -2.33. The van der Waals surface area contributed by atoms with Crippen LogP contribution in [-0.4, -0.2) is 38.6 Å². The molecular weight excluding hydrogens is 334 g/mol. The van der Waals surface area contributed by atoms with Gasteiger partial charge in [0.15, 0.2) is 0 Å². The summed E-state index contributed by atoms with van der Waals surface area (Å²) < 4.78 is 0. The summed E-state index contributed by atoms with van der Waals surface area (Å²) in [4.78, 5) is 15.4. The number of amides is 1. The molecule has 0 radical (unpaired) electrons. The minimum Gasteiger partial charge on any atom is -0.368 e. The Kier molecular flexibility index (Phi) is 5.17. The maximum atomic E-state index is 13.0. The fraction of sp³-hybridized carbons (Fsp3) is 0.435. The molecule has 1 aliphatic carbocycles. The molecule has 2 N–H and O–H groups in total. The fourth-order valence-corrected chi connectivity index (χ4v) is 4.44. The number of unbranched alkanes of at least 4 members (excludes halogenated alkanes) is 1. The number of anilines is 1. The van der Waals surface area contributed by atoms with Gasteiger partial charge in [-0.3, -0.25) is 4.79 Å². The van der Waals surface area contributed by atoms with Crippen LogP contribution in [0.15, 0.2) is 36.4 Å². The lowest BCUT2D eigenvalue weighted by molar-refractivity contribution is 0.0953. The Morgan fingerprint density at radius 3 is 2.70 bits per heavy atom. The molecule has 1 amide bonds. The van der Waals surface area contributed by atoms with Gasteiger partial charge in [0.1, 0.15) is 0 Å². The summed E-state index contributed by atoms with van der Waals surface area (Å²) in [5.74, 6) is 0.368. The minimum atomic E-state index is 0.0583. The summed E-state index contributed by atoms with van der Waals surface area (Å²) in [7, 11) is 0. The van der Waals surface area contributed by atoms with E-state index in [1.165, 1.54) is 22.3 Å². The molecule has 2 aromatic rings. The van der Waals surface area contributed by atoms with Crippen LogP contribution in [0.3, 0.4) is 0 Å². The van der Waals surface area contributed by atoms with E-state index >= 15 is 0 Å². The maximum Gasteiger partial charge on any atom is 0.253 e. The number of nitrogens with one attached hydrogen (secondary N) is 2. The van der Waals surface area contributed by atoms with E-state index in [-0.39, 0.29) is 5.91 Å². The van der Waals surface area contributed by atoms with Gasteiger partial charge in [-0.05, 0) is 34.7 Å². The van der Waals surface area contributed by atoms with Crippen LogP contribution in [0.4, 0.5) is 5.69 Å². The number of nitrogens with zero attached hydrogens (tertiary/aromatic N) is 1. The summed E-state index contributed by atoms with van der Waals surface area (Å²) in [6, 6.07) is 12.8. The van der Waals surface area contributed by atoms with Gasteiger partial charge in [0.2, 0.25) is 0 Å². The summed E-state index contributed by atoms with van der Waals surface area (Å²) >= 11 is 0. The Morgan fingerprint density at radius 1 is 1.15 bits per heavy atom. The molecule has 1 saturated heterocycles. The summed E-state index contributed by atoms with van der Waals surface area (Å²) in [6.07, 6.45) is 2.10. The van der Waals surface area contributed by atoms with Gasteiger partial charge in [-0.25, -0.2) is 0 Å². The second-order valence-electron chi connectivity index (χ2n) is 7.58. The lowest BCUT2D eigenvalue weighted by atomic mass is 9.93. The molecule has 1 aliphatic heterocycles. The molecular formula is C23H29N3O. The third-order valence-electron chi connectivity index (χ3n) is 5.86. The molecule has 4 heteroatoms. The van der Waals surface area contributed by atoms with E-state index in [0.29, 0.717) is 5.92 Å². The zero-order valence-corrected chi connectivity index (χ0v) is 16.3. The summed E-state index contributed by atoms with van der Waals surface area (Å²) in [6.45, 7) is 8.96. The highest BCUT2D eigenvalue weighted by molar-refractivity contribution is 6.03. The number of piperazine rings is 1. The molecule has 0 saturated carbocycles. The van der Waals surface area contributed by atoms with Crippen LogP contribution >= 0.6 is 0 Å². The predicted molar refractivity (Wildman–Crippen MR) is 112 cm³/mol. The molecule has 0 bridgehead atoms. The van der Waals surface area contributed by atoms with Gasteiger partial charge in [-0.1, -0.05) is 50.6 Å². The van der Waals surface area contributed by atoms with E-state index in [4.69, 9.17) is 0 Å². The Balaban J connectivity index is 1.80. The third kappa shape index (κ3) is 3.23. The van der Waals surface area contributed by atoms with E-state index in [2.05, 4.69) is 59.7 Å². The highest BCUT2D eigenvalue weighted by atomic mass is 16.1. The first kappa shape index (κ1) is 18.1. The molecule has 4 rings (SSSR count). The van der Waals surface area contributed by atoms with Crippen molar-refractivity contribution >= 4 is 11.6 Å². The molecule has 1 unspecified atom stereocenters. The van der Waals surface area contributed by atoms with Gasteiger partial charge < -0.3 is 15.5 Å². The molecule has 0 spiro atoms. The second kappa shape index (κ2) is 7.73. The van der Waals surface area contributed by atoms with Crippen molar-refractivity contribution in [1.29, 1.82) is 0 Å². The Morgan fingerprint density at radius 2 is 1.93 bits per heavy atom. The zero-order valence-electron chi connectivity index (χ0n) is 16.3. The molecule has 1 fully saturated rings. The maximum absolute atomic E-state index is 13.0. The molecule has 2 aliphatic rings. The summed E-state index contributed by atoms with van der Waals surface area (Å²) in [5.41, 5.74) is 7.26. The molecule has 1 heterocycles. The molecule has 27 heavy (non-hydrogen) atoms. The van der Waals surface area contributed by atoms with Crippen LogP contribution in [0.1, 0.15) is 54.1 Å². The fourth-order valence-electron chi connectivity index (χ4n) is 4.44. The number of benzene rings is 2. The van der Waals surface area contributed by atoms with Crippen LogP contribution < -0.4 is 15.5 Å². The van der Waals surface area contributed by atoms with Crippen LogP contribution in [0.5, 0.6) is 0 Å². The molecule has 0 aromatic heterocycles. The SMILES string of the molecule is CCCCNC(=O)c1ccc2c(c1N1CCNCC1)C(C)c1ccccc1-2. The van der Waals surface area contributed by atoms with Gasteiger partial charge in [-0.2, -0.15) is 0 Å². The molecule has 2 aromatic carbocycles. The highest BCUT2D eigenvalue weighted by Crippen LogP contribution is 2.49. The van der Waals surface area contributed by atoms with Crippen molar-refractivity contribution in [1.82, 2.24) is 10.6 Å². The van der Waals surface area contributed by atoms with E-state index in [9.17, 15) is 4.79 Å². The summed E-state index contributed by atoms with van der Waals surface area (Å²) in [5, 5.41) is 6.55. The Labute approximate surface area is 162 Å². The largest absolute Gasteiger partial charge is 0.368 e. The first-order valence-corrected chi connectivity index (χ1v) is 10.2. The number of carbonyl (C=O) groups is 1. The zero-order chi connectivity index (χ0) is 18.8. The predicted octanol–water partition coefficient (Wildman–Crippen LogP) is 3.76. The Bertz CT molecular complexity index is 840. The number of rotatable bonds is 5. The number of carbonyl (C=O) groups excluding carboxylic acids is 1. The average molecular weight is 364 g/mol. The van der Waals surface area contributed by atoms with Crippen LogP contribution in [0, 0.1) is 0 Å². The van der Waals surface area contributed by atoms with Crippen LogP contribution in [0.2, 0.25) is 0 Å². The molecule has 4 nitrogen and oxygen atoms in total. The van der Waals surface area contributed by atoms with Crippen molar-refractivity contribution < 1.29 is 4.79 Å². The van der Waals surface area contributed by atoms with Gasteiger partial charge in [0.25, 0.3) is 5.91 Å². The van der Waals surface area contributed by atoms with E-state index in [1.807, 2.05) is 6.07 Å². The van der Waals surface area contributed by atoms with Crippen molar-refractivity contribution in [2.45, 2.75) is 32.6 Å². The van der Waals surface area contributed by atoms with Crippen molar-refractivity contribution in [3.63, 3.8) is 0 Å². The van der Waals surface area contributed by atoms with Crippen molar-refractivity contribution in [3.05, 3.63) is 53.1 Å². The number of hydrogen-bond donors (Lipinski definition) is 2. The molecule has 1 atom stereocenters. The lowest BCUT2D eigenvalue weighted by Gasteiger charge is -2.33. The number of fused-ring (bicyclic) bond motifs is 3. The van der Waals surface area contributed by atoms with Crippen molar-refractivity contribution in [3.8, 4) is 11.1 Å². The van der Waals surface area contributed by atoms with E-state index < -0.39 is 0 Å². The standard InChI is InChI=1S/C23H29N3O/c1-3-4-11-25-23(27)20-10-9-19-18-8-6-5-7-17(18)16(2)21(19)22(20)26-14-12-24-13-15-26/h5-10,16,24H,3-4,11-15H2,1-2H3,(H,25,27). The van der Waals surface area contributed by atoms with Gasteiger partial charge in [-0.15, -0.1) is 0 Å². The molecule has 142 valence electrons. The number of hydrogen-bond acceptors (Lipinski definition) is 3. The van der Waals surface area contributed by atoms with E-state index in [1.54, 1.807) is 0 Å². The average Bonchev–Trinajstić information content (AvgIpc) is 3.01. The first-order valence-electron chi connectivity index (χ1n) is 10.2.